The lowest BCUT2D eigenvalue weighted by Crippen LogP contribution is -2.45. The summed E-state index contributed by atoms with van der Waals surface area (Å²) in [7, 11) is -2.97. The zero-order valence-electron chi connectivity index (χ0n) is 14.0. The molecule has 0 aromatic heterocycles. The van der Waals surface area contributed by atoms with Gasteiger partial charge in [-0.15, -0.1) is 0 Å². The number of methoxy groups -OCH3 is 1. The van der Waals surface area contributed by atoms with E-state index in [0.29, 0.717) is 29.7 Å². The molecule has 9 heteroatoms. The van der Waals surface area contributed by atoms with Gasteiger partial charge in [0.15, 0.2) is 11.5 Å². The Hall–Kier alpha value is -1.61. The number of Topliss-reactive ketones (excluding diaryl/α,β-unsaturated/α-hetero) is 1. The largest absolute Gasteiger partial charge is 0.497 e. The molecule has 5 nitrogen and oxygen atoms in total. The number of hydrogen-bond acceptors (Lipinski definition) is 4. The number of halogens is 3. The standard InChI is InChI=1S/C16H20F3NO4S/c1-11-8-13(24-2)5-6-14(11)15(21)12-4-3-7-20(9-12)25(22,23)10-16(17,18)19/h5-6,8,12H,3-4,7,9-10H2,1-2H3. The van der Waals surface area contributed by atoms with E-state index < -0.39 is 27.9 Å². The van der Waals surface area contributed by atoms with Gasteiger partial charge >= 0.3 is 6.18 Å². The number of carbonyl (C=O) groups is 1. The Morgan fingerprint density at radius 2 is 2.04 bits per heavy atom. The van der Waals surface area contributed by atoms with Crippen molar-refractivity contribution >= 4 is 15.8 Å². The molecule has 25 heavy (non-hydrogen) atoms. The van der Waals surface area contributed by atoms with E-state index in [-0.39, 0.29) is 18.9 Å². The van der Waals surface area contributed by atoms with Gasteiger partial charge in [-0.25, -0.2) is 12.7 Å². The van der Waals surface area contributed by atoms with Gasteiger partial charge in [-0.1, -0.05) is 0 Å². The van der Waals surface area contributed by atoms with Crippen LogP contribution in [-0.4, -0.2) is 50.6 Å². The molecule has 1 aromatic carbocycles. The average Bonchev–Trinajstić information content (AvgIpc) is 2.52. The second kappa shape index (κ2) is 7.33. The van der Waals surface area contributed by atoms with Crippen LogP contribution >= 0.6 is 0 Å². The third-order valence-corrected chi connectivity index (χ3v) is 6.00. The van der Waals surface area contributed by atoms with Crippen LogP contribution in [0.25, 0.3) is 0 Å². The molecular formula is C16H20F3NO4S. The Morgan fingerprint density at radius 3 is 2.60 bits per heavy atom. The second-order valence-electron chi connectivity index (χ2n) is 6.11. The molecule has 1 saturated heterocycles. The summed E-state index contributed by atoms with van der Waals surface area (Å²) in [5, 5.41) is 0. The van der Waals surface area contributed by atoms with Crippen LogP contribution in [0.15, 0.2) is 18.2 Å². The van der Waals surface area contributed by atoms with Crippen LogP contribution in [0.5, 0.6) is 5.75 Å². The molecule has 2 rings (SSSR count). The summed E-state index contributed by atoms with van der Waals surface area (Å²) in [6, 6.07) is 4.91. The van der Waals surface area contributed by atoms with Crippen molar-refractivity contribution in [3.63, 3.8) is 0 Å². The fraction of sp³-hybridized carbons (Fsp3) is 0.562. The van der Waals surface area contributed by atoms with Crippen molar-refractivity contribution in [2.75, 3.05) is 26.0 Å². The summed E-state index contributed by atoms with van der Waals surface area (Å²) in [5.41, 5.74) is 1.11. The highest BCUT2D eigenvalue weighted by Crippen LogP contribution is 2.28. The quantitative estimate of drug-likeness (QED) is 0.738. The lowest BCUT2D eigenvalue weighted by Gasteiger charge is -2.31. The van der Waals surface area contributed by atoms with Crippen LogP contribution in [0.1, 0.15) is 28.8 Å². The number of rotatable bonds is 5. The highest BCUT2D eigenvalue weighted by atomic mass is 32.2. The summed E-state index contributed by atoms with van der Waals surface area (Å²) in [5.74, 6) is -2.22. The van der Waals surface area contributed by atoms with E-state index in [1.54, 1.807) is 25.1 Å². The fourth-order valence-electron chi connectivity index (χ4n) is 2.97. The van der Waals surface area contributed by atoms with Gasteiger partial charge in [-0.05, 0) is 43.5 Å². The number of ether oxygens (including phenoxy) is 1. The number of alkyl halides is 3. The average molecular weight is 379 g/mol. The highest BCUT2D eigenvalue weighted by molar-refractivity contribution is 7.89. The molecule has 0 bridgehead atoms. The minimum atomic E-state index is -4.80. The van der Waals surface area contributed by atoms with Crippen molar-refractivity contribution in [1.82, 2.24) is 4.31 Å². The summed E-state index contributed by atoms with van der Waals surface area (Å²) in [4.78, 5) is 12.7. The highest BCUT2D eigenvalue weighted by Gasteiger charge is 2.40. The number of sulfonamides is 1. The lowest BCUT2D eigenvalue weighted by atomic mass is 9.89. The molecule has 1 aromatic rings. The zero-order chi connectivity index (χ0) is 18.8. The van der Waals surface area contributed by atoms with E-state index in [2.05, 4.69) is 0 Å². The van der Waals surface area contributed by atoms with E-state index in [9.17, 15) is 26.4 Å². The maximum absolute atomic E-state index is 12.7. The predicted octanol–water partition coefficient (Wildman–Crippen LogP) is 2.79. The lowest BCUT2D eigenvalue weighted by molar-refractivity contribution is -0.107. The van der Waals surface area contributed by atoms with Crippen molar-refractivity contribution in [2.24, 2.45) is 5.92 Å². The third-order valence-electron chi connectivity index (χ3n) is 4.19. The van der Waals surface area contributed by atoms with E-state index in [4.69, 9.17) is 4.74 Å². The molecular weight excluding hydrogens is 359 g/mol. The smallest absolute Gasteiger partial charge is 0.404 e. The Labute approximate surface area is 144 Å². The molecule has 1 atom stereocenters. The van der Waals surface area contributed by atoms with Crippen LogP contribution in [0.4, 0.5) is 13.2 Å². The summed E-state index contributed by atoms with van der Waals surface area (Å²) in [6.45, 7) is 1.52. The van der Waals surface area contributed by atoms with Gasteiger partial charge in [0, 0.05) is 24.6 Å². The molecule has 1 aliphatic rings. The van der Waals surface area contributed by atoms with Crippen LogP contribution in [0, 0.1) is 12.8 Å². The van der Waals surface area contributed by atoms with Gasteiger partial charge in [0.25, 0.3) is 0 Å². The SMILES string of the molecule is COc1ccc(C(=O)C2CCCN(S(=O)(=O)CC(F)(F)F)C2)c(C)c1. The number of benzene rings is 1. The molecule has 1 aliphatic heterocycles. The van der Waals surface area contributed by atoms with Crippen molar-refractivity contribution < 1.29 is 31.1 Å². The first-order valence-electron chi connectivity index (χ1n) is 7.77. The van der Waals surface area contributed by atoms with E-state index in [1.807, 2.05) is 0 Å². The molecule has 0 radical (unpaired) electrons. The number of aryl methyl sites for hydroxylation is 1. The molecule has 1 unspecified atom stereocenters. The first-order chi connectivity index (χ1) is 11.5. The van der Waals surface area contributed by atoms with Gasteiger partial charge in [0.1, 0.15) is 5.75 Å². The number of carbonyl (C=O) groups excluding carboxylic acids is 1. The molecule has 140 valence electrons. The van der Waals surface area contributed by atoms with Gasteiger partial charge in [-0.3, -0.25) is 4.79 Å². The second-order valence-corrected chi connectivity index (χ2v) is 8.08. The van der Waals surface area contributed by atoms with Gasteiger partial charge < -0.3 is 4.74 Å². The molecule has 0 saturated carbocycles. The van der Waals surface area contributed by atoms with Crippen LogP contribution in [0.3, 0.4) is 0 Å². The van der Waals surface area contributed by atoms with Crippen molar-refractivity contribution in [3.05, 3.63) is 29.3 Å². The van der Waals surface area contributed by atoms with E-state index in [1.165, 1.54) is 7.11 Å². The maximum Gasteiger partial charge on any atom is 0.404 e. The van der Waals surface area contributed by atoms with Crippen LogP contribution in [0.2, 0.25) is 0 Å². The van der Waals surface area contributed by atoms with Crippen molar-refractivity contribution in [2.45, 2.75) is 25.9 Å². The van der Waals surface area contributed by atoms with E-state index in [0.717, 1.165) is 4.31 Å². The first kappa shape index (κ1) is 19.7. The van der Waals surface area contributed by atoms with Gasteiger partial charge in [0.2, 0.25) is 10.0 Å². The van der Waals surface area contributed by atoms with Crippen molar-refractivity contribution in [3.8, 4) is 5.75 Å². The number of hydrogen-bond donors (Lipinski definition) is 0. The maximum atomic E-state index is 12.7. The minimum absolute atomic E-state index is 0.00376. The number of ketones is 1. The summed E-state index contributed by atoms with van der Waals surface area (Å²) in [6.07, 6.45) is -4.01. The fourth-order valence-corrected chi connectivity index (χ4v) is 4.38. The van der Waals surface area contributed by atoms with Gasteiger partial charge in [0.05, 0.1) is 7.11 Å². The summed E-state index contributed by atoms with van der Waals surface area (Å²) >= 11 is 0. The normalized spacial score (nSPS) is 19.6. The van der Waals surface area contributed by atoms with E-state index >= 15 is 0 Å². The molecule has 0 spiro atoms. The van der Waals surface area contributed by atoms with Crippen molar-refractivity contribution in [1.29, 1.82) is 0 Å². The summed E-state index contributed by atoms with van der Waals surface area (Å²) < 4.78 is 67.1. The molecule has 1 heterocycles. The Balaban J connectivity index is 2.17. The first-order valence-corrected chi connectivity index (χ1v) is 9.38. The minimum Gasteiger partial charge on any atom is -0.497 e. The molecule has 0 N–H and O–H groups in total. The Bertz CT molecular complexity index is 746. The van der Waals surface area contributed by atoms with Crippen LogP contribution in [-0.2, 0) is 10.0 Å². The monoisotopic (exact) mass is 379 g/mol. The molecule has 0 aliphatic carbocycles. The molecule has 1 fully saturated rings. The van der Waals surface area contributed by atoms with Gasteiger partial charge in [-0.2, -0.15) is 13.2 Å². The third kappa shape index (κ3) is 4.94. The van der Waals surface area contributed by atoms with Crippen LogP contribution < -0.4 is 4.74 Å². The Morgan fingerprint density at radius 1 is 1.36 bits per heavy atom. The number of piperidine rings is 1. The Kier molecular flexibility index (Phi) is 5.78. The predicted molar refractivity (Wildman–Crippen MR) is 86.2 cm³/mol. The molecule has 0 amide bonds. The topological polar surface area (TPSA) is 63.7 Å². The number of nitrogens with zero attached hydrogens (tertiary/aromatic N) is 1. The zero-order valence-corrected chi connectivity index (χ0v) is 14.8.